The average Bonchev–Trinajstić information content (AvgIpc) is 2.82. The van der Waals surface area contributed by atoms with Crippen LogP contribution < -0.4 is 10.2 Å². The van der Waals surface area contributed by atoms with Crippen LogP contribution in [0.4, 0.5) is 5.69 Å². The van der Waals surface area contributed by atoms with E-state index in [2.05, 4.69) is 5.32 Å². The summed E-state index contributed by atoms with van der Waals surface area (Å²) < 4.78 is 4.92. The standard InChI is InChI=1S/C17H18N2O3/c1-11(16(20)18-9-10-22-2)19-14-8-4-6-12-5-3-7-13(15(12)14)17(19)21/h3-8,11H,9-10H2,1-2H3,(H,18,20)/t11-/m1/s1. The molecule has 2 amide bonds. The summed E-state index contributed by atoms with van der Waals surface area (Å²) in [5.74, 6) is -0.309. The van der Waals surface area contributed by atoms with Crippen LogP contribution in [0, 0.1) is 0 Å². The van der Waals surface area contributed by atoms with Crippen molar-refractivity contribution in [2.45, 2.75) is 13.0 Å². The van der Waals surface area contributed by atoms with Crippen LogP contribution in [0.3, 0.4) is 0 Å². The molecule has 2 aromatic carbocycles. The normalized spacial score (nSPS) is 14.5. The summed E-state index contributed by atoms with van der Waals surface area (Å²) in [4.78, 5) is 26.5. The lowest BCUT2D eigenvalue weighted by molar-refractivity contribution is -0.122. The van der Waals surface area contributed by atoms with E-state index in [-0.39, 0.29) is 11.8 Å². The number of hydrogen-bond acceptors (Lipinski definition) is 3. The SMILES string of the molecule is COCCNC(=O)[C@@H](C)N1C(=O)c2cccc3cccc1c23. The minimum atomic E-state index is -0.567. The van der Waals surface area contributed by atoms with Crippen LogP contribution >= 0.6 is 0 Å². The summed E-state index contributed by atoms with van der Waals surface area (Å²) in [5.41, 5.74) is 1.46. The van der Waals surface area contributed by atoms with Crippen LogP contribution in [-0.4, -0.2) is 38.1 Å². The molecule has 0 fully saturated rings. The molecular formula is C17H18N2O3. The van der Waals surface area contributed by atoms with Gasteiger partial charge in [-0.25, -0.2) is 0 Å². The minimum absolute atomic E-state index is 0.124. The van der Waals surface area contributed by atoms with E-state index < -0.39 is 6.04 Å². The van der Waals surface area contributed by atoms with E-state index in [9.17, 15) is 9.59 Å². The predicted molar refractivity (Wildman–Crippen MR) is 85.1 cm³/mol. The molecule has 0 unspecified atom stereocenters. The third-order valence-electron chi connectivity index (χ3n) is 3.96. The molecule has 0 aromatic heterocycles. The Morgan fingerprint density at radius 3 is 2.73 bits per heavy atom. The molecule has 2 aromatic rings. The van der Waals surface area contributed by atoms with E-state index in [4.69, 9.17) is 4.74 Å². The van der Waals surface area contributed by atoms with E-state index in [1.54, 1.807) is 18.9 Å². The molecule has 0 aliphatic carbocycles. The lowest BCUT2D eigenvalue weighted by Gasteiger charge is -2.24. The van der Waals surface area contributed by atoms with Crippen LogP contribution in [0.1, 0.15) is 17.3 Å². The Balaban J connectivity index is 1.92. The van der Waals surface area contributed by atoms with Gasteiger partial charge in [0.1, 0.15) is 6.04 Å². The van der Waals surface area contributed by atoms with Crippen LogP contribution in [-0.2, 0) is 9.53 Å². The molecule has 22 heavy (non-hydrogen) atoms. The van der Waals surface area contributed by atoms with Crippen LogP contribution in [0.5, 0.6) is 0 Å². The molecule has 0 saturated carbocycles. The fourth-order valence-electron chi connectivity index (χ4n) is 2.87. The van der Waals surface area contributed by atoms with E-state index in [1.807, 2.05) is 36.4 Å². The summed E-state index contributed by atoms with van der Waals surface area (Å²) in [6.45, 7) is 2.62. The van der Waals surface area contributed by atoms with Gasteiger partial charge in [-0.05, 0) is 24.4 Å². The third kappa shape index (κ3) is 2.23. The zero-order valence-corrected chi connectivity index (χ0v) is 12.6. The Kier molecular flexibility index (Phi) is 3.81. The maximum absolute atomic E-state index is 12.7. The highest BCUT2D eigenvalue weighted by atomic mass is 16.5. The molecule has 1 N–H and O–H groups in total. The number of nitrogens with one attached hydrogen (secondary N) is 1. The number of rotatable bonds is 5. The Morgan fingerprint density at radius 1 is 1.27 bits per heavy atom. The zero-order chi connectivity index (χ0) is 15.7. The van der Waals surface area contributed by atoms with Crippen molar-refractivity contribution in [3.63, 3.8) is 0 Å². The van der Waals surface area contributed by atoms with Crippen LogP contribution in [0.15, 0.2) is 36.4 Å². The fraction of sp³-hybridized carbons (Fsp3) is 0.294. The highest BCUT2D eigenvalue weighted by molar-refractivity contribution is 6.26. The number of carbonyl (C=O) groups is 2. The first-order chi connectivity index (χ1) is 10.6. The smallest absolute Gasteiger partial charge is 0.259 e. The first kappa shape index (κ1) is 14.5. The quantitative estimate of drug-likeness (QED) is 0.858. The largest absolute Gasteiger partial charge is 0.383 e. The average molecular weight is 298 g/mol. The van der Waals surface area contributed by atoms with E-state index in [0.29, 0.717) is 18.7 Å². The van der Waals surface area contributed by atoms with E-state index in [1.165, 1.54) is 0 Å². The summed E-state index contributed by atoms with van der Waals surface area (Å²) >= 11 is 0. The van der Waals surface area contributed by atoms with Crippen molar-refractivity contribution in [2.75, 3.05) is 25.2 Å². The third-order valence-corrected chi connectivity index (χ3v) is 3.96. The lowest BCUT2D eigenvalue weighted by Crippen LogP contribution is -2.47. The molecule has 0 spiro atoms. The molecule has 5 heteroatoms. The molecule has 1 atom stereocenters. The molecule has 5 nitrogen and oxygen atoms in total. The van der Waals surface area contributed by atoms with Crippen molar-refractivity contribution in [3.8, 4) is 0 Å². The van der Waals surface area contributed by atoms with Gasteiger partial charge in [-0.3, -0.25) is 14.5 Å². The number of carbonyl (C=O) groups excluding carboxylic acids is 2. The second-order valence-electron chi connectivity index (χ2n) is 5.32. The van der Waals surface area contributed by atoms with Crippen molar-refractivity contribution < 1.29 is 14.3 Å². The fourth-order valence-corrected chi connectivity index (χ4v) is 2.87. The van der Waals surface area contributed by atoms with Gasteiger partial charge in [-0.15, -0.1) is 0 Å². The van der Waals surface area contributed by atoms with Crippen molar-refractivity contribution >= 4 is 28.3 Å². The van der Waals surface area contributed by atoms with Crippen molar-refractivity contribution in [2.24, 2.45) is 0 Å². The second-order valence-corrected chi connectivity index (χ2v) is 5.32. The van der Waals surface area contributed by atoms with Gasteiger partial charge in [-0.2, -0.15) is 0 Å². The van der Waals surface area contributed by atoms with E-state index in [0.717, 1.165) is 16.5 Å². The van der Waals surface area contributed by atoms with Gasteiger partial charge in [0.2, 0.25) is 5.91 Å². The van der Waals surface area contributed by atoms with Crippen molar-refractivity contribution in [1.82, 2.24) is 5.32 Å². The molecule has 1 aliphatic rings. The maximum atomic E-state index is 12.7. The number of nitrogens with zero attached hydrogens (tertiary/aromatic N) is 1. The topological polar surface area (TPSA) is 58.6 Å². The monoisotopic (exact) mass is 298 g/mol. The highest BCUT2D eigenvalue weighted by Gasteiger charge is 2.35. The van der Waals surface area contributed by atoms with Gasteiger partial charge in [0.05, 0.1) is 12.3 Å². The Bertz CT molecular complexity index is 737. The van der Waals surface area contributed by atoms with Gasteiger partial charge in [-0.1, -0.05) is 24.3 Å². The molecule has 0 radical (unpaired) electrons. The summed E-state index contributed by atoms with van der Waals surface area (Å²) in [5, 5.41) is 4.72. The summed E-state index contributed by atoms with van der Waals surface area (Å²) in [6.07, 6.45) is 0. The number of anilines is 1. The first-order valence-electron chi connectivity index (χ1n) is 7.27. The Hall–Kier alpha value is -2.40. The highest BCUT2D eigenvalue weighted by Crippen LogP contribution is 2.38. The molecule has 0 saturated heterocycles. The minimum Gasteiger partial charge on any atom is -0.383 e. The number of hydrogen-bond donors (Lipinski definition) is 1. The summed E-state index contributed by atoms with van der Waals surface area (Å²) in [6, 6.07) is 10.8. The number of amides is 2. The van der Waals surface area contributed by atoms with Gasteiger partial charge in [0.15, 0.2) is 0 Å². The molecule has 114 valence electrons. The van der Waals surface area contributed by atoms with Gasteiger partial charge < -0.3 is 10.1 Å². The van der Waals surface area contributed by atoms with Gasteiger partial charge in [0.25, 0.3) is 5.91 Å². The summed E-state index contributed by atoms with van der Waals surface area (Å²) in [7, 11) is 1.58. The van der Waals surface area contributed by atoms with E-state index >= 15 is 0 Å². The number of benzene rings is 2. The molecule has 1 heterocycles. The molecular weight excluding hydrogens is 280 g/mol. The number of ether oxygens (including phenoxy) is 1. The van der Waals surface area contributed by atoms with Gasteiger partial charge >= 0.3 is 0 Å². The lowest BCUT2D eigenvalue weighted by atomic mass is 10.1. The zero-order valence-electron chi connectivity index (χ0n) is 12.6. The molecule has 1 aliphatic heterocycles. The maximum Gasteiger partial charge on any atom is 0.259 e. The second kappa shape index (κ2) is 5.77. The predicted octanol–water partition coefficient (Wildman–Crippen LogP) is 1.95. The van der Waals surface area contributed by atoms with Crippen molar-refractivity contribution in [1.29, 1.82) is 0 Å². The Morgan fingerprint density at radius 2 is 2.00 bits per heavy atom. The van der Waals surface area contributed by atoms with Crippen molar-refractivity contribution in [3.05, 3.63) is 42.0 Å². The molecule has 3 rings (SSSR count). The first-order valence-corrected chi connectivity index (χ1v) is 7.27. The molecule has 0 bridgehead atoms. The van der Waals surface area contributed by atoms with Crippen LogP contribution in [0.2, 0.25) is 0 Å². The number of methoxy groups -OCH3 is 1. The van der Waals surface area contributed by atoms with Gasteiger partial charge in [0, 0.05) is 24.6 Å². The van der Waals surface area contributed by atoms with Crippen LogP contribution in [0.25, 0.3) is 10.8 Å². The Labute approximate surface area is 128 Å².